The van der Waals surface area contributed by atoms with Crippen LogP contribution in [0.25, 0.3) is 0 Å². The first-order valence-electron chi connectivity index (χ1n) is 5.08. The van der Waals surface area contributed by atoms with E-state index in [0.717, 1.165) is 0 Å². The van der Waals surface area contributed by atoms with Crippen LogP contribution >= 0.6 is 23.2 Å². The van der Waals surface area contributed by atoms with Gasteiger partial charge in [0.2, 0.25) is 0 Å². The minimum absolute atomic E-state index is 0.0492. The lowest BCUT2D eigenvalue weighted by Crippen LogP contribution is -2.14. The van der Waals surface area contributed by atoms with Crippen molar-refractivity contribution in [3.8, 4) is 0 Å². The highest BCUT2D eigenvalue weighted by atomic mass is 35.5. The molecule has 2 rings (SSSR count). The summed E-state index contributed by atoms with van der Waals surface area (Å²) in [5.41, 5.74) is 6.01. The number of nitrogen functional groups attached to an aromatic ring is 1. The number of hydrogen-bond donors (Lipinski definition) is 2. The van der Waals surface area contributed by atoms with Gasteiger partial charge in [-0.3, -0.25) is 4.72 Å². The molecule has 3 N–H and O–H groups in total. The SMILES string of the molecule is Nc1cc(Cl)ccc1S(=O)(=O)Nc1ccc(Cl)nc1. The second-order valence-electron chi connectivity index (χ2n) is 3.66. The van der Waals surface area contributed by atoms with Gasteiger partial charge in [-0.1, -0.05) is 23.2 Å². The van der Waals surface area contributed by atoms with Gasteiger partial charge in [0.15, 0.2) is 0 Å². The number of rotatable bonds is 3. The van der Waals surface area contributed by atoms with E-state index in [1.165, 1.54) is 36.5 Å². The van der Waals surface area contributed by atoms with Gasteiger partial charge in [0.1, 0.15) is 10.0 Å². The first-order chi connectivity index (χ1) is 8.88. The Morgan fingerprint density at radius 2 is 1.89 bits per heavy atom. The van der Waals surface area contributed by atoms with Crippen LogP contribution in [0.5, 0.6) is 0 Å². The lowest BCUT2D eigenvalue weighted by Gasteiger charge is -2.10. The molecule has 0 radical (unpaired) electrons. The number of nitrogens with one attached hydrogen (secondary N) is 1. The van der Waals surface area contributed by atoms with Gasteiger partial charge in [-0.25, -0.2) is 13.4 Å². The molecule has 19 heavy (non-hydrogen) atoms. The Morgan fingerprint density at radius 1 is 1.16 bits per heavy atom. The molecule has 0 spiro atoms. The minimum atomic E-state index is -3.79. The topological polar surface area (TPSA) is 85.1 Å². The van der Waals surface area contributed by atoms with Crippen LogP contribution in [0.15, 0.2) is 41.4 Å². The van der Waals surface area contributed by atoms with Crippen molar-refractivity contribution in [2.45, 2.75) is 4.90 Å². The van der Waals surface area contributed by atoms with Gasteiger partial charge in [0.05, 0.1) is 17.6 Å². The first-order valence-corrected chi connectivity index (χ1v) is 7.32. The molecule has 100 valence electrons. The van der Waals surface area contributed by atoms with Gasteiger partial charge in [-0.2, -0.15) is 0 Å². The number of hydrogen-bond acceptors (Lipinski definition) is 4. The van der Waals surface area contributed by atoms with Crippen LogP contribution in [0.2, 0.25) is 10.2 Å². The van der Waals surface area contributed by atoms with E-state index < -0.39 is 10.0 Å². The Labute approximate surface area is 120 Å². The fraction of sp³-hybridized carbons (Fsp3) is 0. The van der Waals surface area contributed by atoms with Crippen LogP contribution in [0.4, 0.5) is 11.4 Å². The third-order valence-corrected chi connectivity index (χ3v) is 4.15. The molecule has 0 saturated heterocycles. The summed E-state index contributed by atoms with van der Waals surface area (Å²) in [6, 6.07) is 7.13. The van der Waals surface area contributed by atoms with Crippen molar-refractivity contribution in [3.05, 3.63) is 46.7 Å². The zero-order chi connectivity index (χ0) is 14.0. The zero-order valence-corrected chi connectivity index (χ0v) is 11.8. The summed E-state index contributed by atoms with van der Waals surface area (Å²) < 4.78 is 26.6. The number of halogens is 2. The van der Waals surface area contributed by atoms with Gasteiger partial charge < -0.3 is 5.73 Å². The normalized spacial score (nSPS) is 11.3. The largest absolute Gasteiger partial charge is 0.398 e. The molecular formula is C11H9Cl2N3O2S. The quantitative estimate of drug-likeness (QED) is 0.673. The predicted molar refractivity (Wildman–Crippen MR) is 75.9 cm³/mol. The maximum absolute atomic E-state index is 12.1. The van der Waals surface area contributed by atoms with E-state index in [1.54, 1.807) is 0 Å². The molecule has 1 heterocycles. The zero-order valence-electron chi connectivity index (χ0n) is 9.47. The molecular weight excluding hydrogens is 309 g/mol. The molecule has 0 saturated carbocycles. The Bertz CT molecular complexity index is 702. The molecule has 2 aromatic rings. The highest BCUT2D eigenvalue weighted by Gasteiger charge is 2.17. The number of anilines is 2. The number of nitrogens with two attached hydrogens (primary N) is 1. The van der Waals surface area contributed by atoms with Crippen molar-refractivity contribution in [1.29, 1.82) is 0 Å². The Balaban J connectivity index is 2.35. The second kappa shape index (κ2) is 5.24. The number of nitrogens with zero attached hydrogens (tertiary/aromatic N) is 1. The molecule has 8 heteroatoms. The summed E-state index contributed by atoms with van der Waals surface area (Å²) >= 11 is 11.3. The fourth-order valence-corrected chi connectivity index (χ4v) is 2.86. The van der Waals surface area contributed by atoms with Gasteiger partial charge in [0, 0.05) is 5.02 Å². The van der Waals surface area contributed by atoms with Gasteiger partial charge in [-0.05, 0) is 30.3 Å². The fourth-order valence-electron chi connectivity index (χ4n) is 1.41. The smallest absolute Gasteiger partial charge is 0.263 e. The first kappa shape index (κ1) is 13.9. The van der Waals surface area contributed by atoms with E-state index in [9.17, 15) is 8.42 Å². The average Bonchev–Trinajstić information content (AvgIpc) is 2.31. The van der Waals surface area contributed by atoms with Crippen LogP contribution in [0, 0.1) is 0 Å². The van der Waals surface area contributed by atoms with Crippen molar-refractivity contribution in [3.63, 3.8) is 0 Å². The molecule has 0 fully saturated rings. The molecule has 0 atom stereocenters. The third kappa shape index (κ3) is 3.28. The maximum Gasteiger partial charge on any atom is 0.263 e. The van der Waals surface area contributed by atoms with E-state index >= 15 is 0 Å². The molecule has 1 aromatic heterocycles. The van der Waals surface area contributed by atoms with Crippen LogP contribution in [-0.2, 0) is 10.0 Å². The van der Waals surface area contributed by atoms with Crippen molar-refractivity contribution in [2.75, 3.05) is 10.5 Å². The molecule has 0 unspecified atom stereocenters. The van der Waals surface area contributed by atoms with E-state index in [0.29, 0.717) is 10.7 Å². The average molecular weight is 318 g/mol. The Hall–Kier alpha value is -1.50. The van der Waals surface area contributed by atoms with E-state index in [4.69, 9.17) is 28.9 Å². The highest BCUT2D eigenvalue weighted by molar-refractivity contribution is 7.92. The summed E-state index contributed by atoms with van der Waals surface area (Å²) in [5.74, 6) is 0. The molecule has 0 aliphatic heterocycles. The lowest BCUT2D eigenvalue weighted by atomic mass is 10.3. The van der Waals surface area contributed by atoms with Crippen molar-refractivity contribution in [1.82, 2.24) is 4.98 Å². The van der Waals surface area contributed by atoms with Gasteiger partial charge >= 0.3 is 0 Å². The monoisotopic (exact) mass is 317 g/mol. The number of pyridine rings is 1. The molecule has 0 aliphatic rings. The van der Waals surface area contributed by atoms with Crippen LogP contribution in [0.1, 0.15) is 0 Å². The standard InChI is InChI=1S/C11H9Cl2N3O2S/c12-7-1-3-10(9(14)5-7)19(17,18)16-8-2-4-11(13)15-6-8/h1-6,16H,14H2. The van der Waals surface area contributed by atoms with Crippen LogP contribution < -0.4 is 10.5 Å². The summed E-state index contributed by atoms with van der Waals surface area (Å²) in [5, 5.41) is 0.638. The number of benzene rings is 1. The number of sulfonamides is 1. The van der Waals surface area contributed by atoms with Crippen molar-refractivity contribution in [2.24, 2.45) is 0 Å². The minimum Gasteiger partial charge on any atom is -0.398 e. The third-order valence-electron chi connectivity index (χ3n) is 2.24. The Kier molecular flexibility index (Phi) is 3.84. The summed E-state index contributed by atoms with van der Waals surface area (Å²) in [6.07, 6.45) is 1.31. The predicted octanol–water partition coefficient (Wildman–Crippen LogP) is 2.77. The highest BCUT2D eigenvalue weighted by Crippen LogP contribution is 2.24. The summed E-state index contributed by atoms with van der Waals surface area (Å²) in [4.78, 5) is 3.73. The molecule has 0 amide bonds. The summed E-state index contributed by atoms with van der Waals surface area (Å²) in [6.45, 7) is 0. The van der Waals surface area contributed by atoms with Crippen LogP contribution in [-0.4, -0.2) is 13.4 Å². The number of aromatic nitrogens is 1. The second-order valence-corrected chi connectivity index (χ2v) is 6.13. The van der Waals surface area contributed by atoms with Crippen molar-refractivity contribution >= 4 is 44.6 Å². The van der Waals surface area contributed by atoms with Gasteiger partial charge in [0.25, 0.3) is 10.0 Å². The van der Waals surface area contributed by atoms with Gasteiger partial charge in [-0.15, -0.1) is 0 Å². The molecule has 5 nitrogen and oxygen atoms in total. The van der Waals surface area contributed by atoms with Crippen molar-refractivity contribution < 1.29 is 8.42 Å². The molecule has 0 bridgehead atoms. The molecule has 0 aliphatic carbocycles. The molecule has 1 aromatic carbocycles. The van der Waals surface area contributed by atoms with Crippen LogP contribution in [0.3, 0.4) is 0 Å². The van der Waals surface area contributed by atoms with E-state index in [1.807, 2.05) is 0 Å². The van der Waals surface area contributed by atoms with E-state index in [2.05, 4.69) is 9.71 Å². The maximum atomic E-state index is 12.1. The lowest BCUT2D eigenvalue weighted by molar-refractivity contribution is 0.601. The van der Waals surface area contributed by atoms with E-state index in [-0.39, 0.29) is 15.7 Å². The Morgan fingerprint density at radius 3 is 2.47 bits per heavy atom. The summed E-state index contributed by atoms with van der Waals surface area (Å²) in [7, 11) is -3.79.